The summed E-state index contributed by atoms with van der Waals surface area (Å²) in [6, 6.07) is 0. The van der Waals surface area contributed by atoms with Crippen molar-refractivity contribution < 1.29 is 14.6 Å². The SMILES string of the molecule is C=C(C)C1(O)C(=O)C(C(C)CCC=C(C)C)=C1OC(C)(C)C. The topological polar surface area (TPSA) is 46.5 Å². The monoisotopic (exact) mass is 306 g/mol. The fourth-order valence-electron chi connectivity index (χ4n) is 2.57. The van der Waals surface area contributed by atoms with Gasteiger partial charge in [-0.3, -0.25) is 4.79 Å². The minimum absolute atomic E-state index is 0.0556. The molecule has 0 saturated carbocycles. The zero-order valence-corrected chi connectivity index (χ0v) is 15.0. The molecule has 1 aliphatic rings. The van der Waals surface area contributed by atoms with E-state index in [9.17, 15) is 9.90 Å². The van der Waals surface area contributed by atoms with Crippen molar-refractivity contribution in [3.63, 3.8) is 0 Å². The molecule has 3 nitrogen and oxygen atoms in total. The van der Waals surface area contributed by atoms with Crippen LogP contribution in [0.4, 0.5) is 0 Å². The minimum atomic E-state index is -1.65. The highest BCUT2D eigenvalue weighted by atomic mass is 16.5. The van der Waals surface area contributed by atoms with Crippen LogP contribution in [0.2, 0.25) is 0 Å². The molecule has 22 heavy (non-hydrogen) atoms. The van der Waals surface area contributed by atoms with Crippen molar-refractivity contribution in [1.29, 1.82) is 0 Å². The predicted molar refractivity (Wildman–Crippen MR) is 90.5 cm³/mol. The van der Waals surface area contributed by atoms with Gasteiger partial charge in [0.15, 0.2) is 0 Å². The molecule has 2 atom stereocenters. The Balaban J connectivity index is 3.10. The van der Waals surface area contributed by atoms with E-state index in [2.05, 4.69) is 26.5 Å². The van der Waals surface area contributed by atoms with Gasteiger partial charge in [0.2, 0.25) is 11.4 Å². The first kappa shape index (κ1) is 18.7. The zero-order valence-electron chi connectivity index (χ0n) is 15.0. The maximum Gasteiger partial charge on any atom is 0.206 e. The number of carbonyl (C=O) groups excluding carboxylic acids is 1. The summed E-state index contributed by atoms with van der Waals surface area (Å²) in [7, 11) is 0. The van der Waals surface area contributed by atoms with Crippen molar-refractivity contribution in [1.82, 2.24) is 0 Å². The number of aliphatic hydroxyl groups is 1. The van der Waals surface area contributed by atoms with Gasteiger partial charge in [-0.25, -0.2) is 0 Å². The van der Waals surface area contributed by atoms with Crippen LogP contribution in [0, 0.1) is 5.92 Å². The van der Waals surface area contributed by atoms with E-state index >= 15 is 0 Å². The molecule has 1 N–H and O–H groups in total. The summed E-state index contributed by atoms with van der Waals surface area (Å²) in [5.74, 6) is 0.186. The molecule has 0 heterocycles. The second kappa shape index (κ2) is 6.41. The number of allylic oxidation sites excluding steroid dienone is 2. The summed E-state index contributed by atoms with van der Waals surface area (Å²) in [5.41, 5.74) is 0.183. The maximum absolute atomic E-state index is 12.5. The van der Waals surface area contributed by atoms with Gasteiger partial charge in [0.25, 0.3) is 0 Å². The summed E-state index contributed by atoms with van der Waals surface area (Å²) in [6.45, 7) is 17.3. The van der Waals surface area contributed by atoms with Crippen molar-refractivity contribution in [3.8, 4) is 0 Å². The van der Waals surface area contributed by atoms with Gasteiger partial charge in [-0.2, -0.15) is 0 Å². The fraction of sp³-hybridized carbons (Fsp3) is 0.632. The molecule has 0 bridgehead atoms. The molecule has 0 aromatic carbocycles. The molecule has 1 aliphatic carbocycles. The third kappa shape index (κ3) is 3.70. The van der Waals surface area contributed by atoms with Gasteiger partial charge >= 0.3 is 0 Å². The lowest BCUT2D eigenvalue weighted by molar-refractivity contribution is -0.140. The number of ketones is 1. The van der Waals surface area contributed by atoms with Gasteiger partial charge in [0.1, 0.15) is 11.4 Å². The largest absolute Gasteiger partial charge is 0.488 e. The molecular formula is C19H30O3. The second-order valence-corrected chi connectivity index (χ2v) is 7.54. The van der Waals surface area contributed by atoms with Crippen molar-refractivity contribution in [2.45, 2.75) is 72.5 Å². The van der Waals surface area contributed by atoms with E-state index in [-0.39, 0.29) is 11.7 Å². The highest BCUT2D eigenvalue weighted by molar-refractivity contribution is 6.14. The Morgan fingerprint density at radius 3 is 2.32 bits per heavy atom. The van der Waals surface area contributed by atoms with Gasteiger partial charge in [-0.15, -0.1) is 0 Å². The standard InChI is InChI=1S/C19H30O3/c1-12(2)10-9-11-14(5)15-16(20)19(21,13(3)4)17(15)22-18(6,7)8/h10,14,21H,3,9,11H2,1-2,4-8H3. The molecule has 1 rings (SSSR count). The summed E-state index contributed by atoms with van der Waals surface area (Å²) in [6.07, 6.45) is 3.93. The molecule has 2 unspecified atom stereocenters. The molecule has 3 heteroatoms. The molecule has 0 spiro atoms. The van der Waals surface area contributed by atoms with Gasteiger partial charge in [0.05, 0.1) is 0 Å². The van der Waals surface area contributed by atoms with Crippen LogP contribution in [-0.4, -0.2) is 22.1 Å². The van der Waals surface area contributed by atoms with E-state index in [4.69, 9.17) is 4.74 Å². The summed E-state index contributed by atoms with van der Waals surface area (Å²) in [4.78, 5) is 12.5. The van der Waals surface area contributed by atoms with Crippen LogP contribution in [0.1, 0.15) is 61.3 Å². The Labute approximate surface area is 134 Å². The van der Waals surface area contributed by atoms with Gasteiger partial charge in [0, 0.05) is 5.57 Å². The highest BCUT2D eigenvalue weighted by Crippen LogP contribution is 2.46. The first-order valence-corrected chi connectivity index (χ1v) is 7.91. The minimum Gasteiger partial charge on any atom is -0.488 e. The lowest BCUT2D eigenvalue weighted by atomic mass is 9.68. The van der Waals surface area contributed by atoms with E-state index < -0.39 is 11.2 Å². The first-order valence-electron chi connectivity index (χ1n) is 7.91. The number of Topliss-reactive ketones (excluding diaryl/α,β-unsaturated/α-hetero) is 1. The maximum atomic E-state index is 12.5. The van der Waals surface area contributed by atoms with E-state index in [0.29, 0.717) is 16.9 Å². The summed E-state index contributed by atoms with van der Waals surface area (Å²) < 4.78 is 5.91. The lowest BCUT2D eigenvalue weighted by Crippen LogP contribution is -2.55. The Morgan fingerprint density at radius 1 is 1.36 bits per heavy atom. The van der Waals surface area contributed by atoms with Crippen LogP contribution < -0.4 is 0 Å². The summed E-state index contributed by atoms with van der Waals surface area (Å²) in [5, 5.41) is 10.7. The quantitative estimate of drug-likeness (QED) is 0.743. The number of carbonyl (C=O) groups is 1. The van der Waals surface area contributed by atoms with Crippen molar-refractivity contribution >= 4 is 5.78 Å². The Morgan fingerprint density at radius 2 is 1.91 bits per heavy atom. The third-order valence-electron chi connectivity index (χ3n) is 3.82. The smallest absolute Gasteiger partial charge is 0.206 e. The van der Waals surface area contributed by atoms with Gasteiger partial charge in [-0.05, 0) is 65.9 Å². The summed E-state index contributed by atoms with van der Waals surface area (Å²) >= 11 is 0. The number of hydrogen-bond acceptors (Lipinski definition) is 3. The Kier molecular flexibility index (Phi) is 5.45. The van der Waals surface area contributed by atoms with Crippen molar-refractivity contribution in [2.24, 2.45) is 5.92 Å². The zero-order chi connectivity index (χ0) is 17.3. The number of rotatable bonds is 6. The molecule has 124 valence electrons. The van der Waals surface area contributed by atoms with E-state index in [1.165, 1.54) is 5.57 Å². The highest BCUT2D eigenvalue weighted by Gasteiger charge is 2.57. The molecule has 0 amide bonds. The molecule has 0 saturated heterocycles. The second-order valence-electron chi connectivity index (χ2n) is 7.54. The van der Waals surface area contributed by atoms with E-state index in [0.717, 1.165) is 12.8 Å². The average molecular weight is 306 g/mol. The van der Waals surface area contributed by atoms with Crippen LogP contribution in [-0.2, 0) is 9.53 Å². The van der Waals surface area contributed by atoms with Crippen molar-refractivity contribution in [3.05, 3.63) is 35.1 Å². The van der Waals surface area contributed by atoms with Gasteiger partial charge < -0.3 is 9.84 Å². The number of hydrogen-bond donors (Lipinski definition) is 1. The van der Waals surface area contributed by atoms with Crippen LogP contribution in [0.5, 0.6) is 0 Å². The van der Waals surface area contributed by atoms with Crippen LogP contribution in [0.15, 0.2) is 35.1 Å². The van der Waals surface area contributed by atoms with Crippen LogP contribution in [0.3, 0.4) is 0 Å². The molecule has 0 radical (unpaired) electrons. The molecule has 0 fully saturated rings. The molecule has 0 aromatic rings. The average Bonchev–Trinajstić information content (AvgIpc) is 2.35. The lowest BCUT2D eigenvalue weighted by Gasteiger charge is -2.44. The van der Waals surface area contributed by atoms with Gasteiger partial charge in [-0.1, -0.05) is 25.2 Å². The fourth-order valence-corrected chi connectivity index (χ4v) is 2.57. The van der Waals surface area contributed by atoms with Crippen molar-refractivity contribution in [2.75, 3.05) is 0 Å². The van der Waals surface area contributed by atoms with E-state index in [1.807, 2.05) is 27.7 Å². The van der Waals surface area contributed by atoms with Crippen LogP contribution >= 0.6 is 0 Å². The molecule has 0 aliphatic heterocycles. The Hall–Kier alpha value is -1.35. The number of ether oxygens (including phenoxy) is 1. The Bertz CT molecular complexity index is 527. The predicted octanol–water partition coefficient (Wildman–Crippen LogP) is 4.33. The normalized spacial score (nSPS) is 23.0. The third-order valence-corrected chi connectivity index (χ3v) is 3.82. The molecule has 0 aromatic heterocycles. The van der Waals surface area contributed by atoms with E-state index in [1.54, 1.807) is 6.92 Å². The van der Waals surface area contributed by atoms with Crippen LogP contribution in [0.25, 0.3) is 0 Å². The first-order chi connectivity index (χ1) is 9.91. The molecular weight excluding hydrogens is 276 g/mol.